The average Bonchev–Trinajstić information content (AvgIpc) is 3.17. The molecule has 156 valence electrons. The third kappa shape index (κ3) is 4.01. The molecule has 7 nitrogen and oxygen atoms in total. The fraction of sp³-hybridized carbons (Fsp3) is 0.348. The summed E-state index contributed by atoms with van der Waals surface area (Å²) in [6, 6.07) is 13.1. The lowest BCUT2D eigenvalue weighted by molar-refractivity contribution is -0.126. The molecule has 0 aliphatic carbocycles. The Hall–Kier alpha value is -3.35. The number of rotatable bonds is 5. The van der Waals surface area contributed by atoms with Gasteiger partial charge in [-0.05, 0) is 37.1 Å². The molecule has 1 fully saturated rings. The Labute approximate surface area is 174 Å². The van der Waals surface area contributed by atoms with Crippen LogP contribution in [0.25, 0.3) is 10.9 Å². The van der Waals surface area contributed by atoms with E-state index in [9.17, 15) is 14.4 Å². The molecule has 1 aliphatic rings. The van der Waals surface area contributed by atoms with Gasteiger partial charge in [0.25, 0.3) is 11.5 Å². The number of pyridine rings is 1. The van der Waals surface area contributed by atoms with E-state index in [0.29, 0.717) is 50.1 Å². The Kier molecular flexibility index (Phi) is 5.70. The van der Waals surface area contributed by atoms with Gasteiger partial charge in [0, 0.05) is 62.5 Å². The predicted molar refractivity (Wildman–Crippen MR) is 115 cm³/mol. The van der Waals surface area contributed by atoms with Crippen LogP contribution in [0.2, 0.25) is 0 Å². The third-order valence-corrected chi connectivity index (χ3v) is 5.83. The van der Waals surface area contributed by atoms with Crippen molar-refractivity contribution >= 4 is 22.7 Å². The van der Waals surface area contributed by atoms with Gasteiger partial charge in [-0.15, -0.1) is 0 Å². The minimum absolute atomic E-state index is 0.00481. The molecule has 4 rings (SSSR count). The molecule has 30 heavy (non-hydrogen) atoms. The largest absolute Gasteiger partial charge is 0.354 e. The van der Waals surface area contributed by atoms with E-state index in [-0.39, 0.29) is 23.3 Å². The van der Waals surface area contributed by atoms with Crippen LogP contribution in [0.5, 0.6) is 0 Å². The smallest absolute Gasteiger partial charge is 0.275 e. The van der Waals surface area contributed by atoms with E-state index in [1.807, 2.05) is 65.2 Å². The van der Waals surface area contributed by atoms with Crippen molar-refractivity contribution in [3.05, 3.63) is 70.8 Å². The molecular weight excluding hydrogens is 380 g/mol. The topological polar surface area (TPSA) is 76.3 Å². The van der Waals surface area contributed by atoms with Crippen molar-refractivity contribution in [1.82, 2.24) is 19.4 Å². The number of hydrogen-bond donors (Lipinski definition) is 1. The Bertz CT molecular complexity index is 1110. The average molecular weight is 406 g/mol. The first kappa shape index (κ1) is 19.9. The molecule has 1 saturated heterocycles. The number of likely N-dealkylation sites (tertiary alicyclic amines) is 1. The second kappa shape index (κ2) is 8.57. The summed E-state index contributed by atoms with van der Waals surface area (Å²) in [6.07, 6.45) is 4.94. The van der Waals surface area contributed by atoms with E-state index in [0.717, 1.165) is 5.39 Å². The quantitative estimate of drug-likeness (QED) is 0.704. The molecule has 1 aliphatic heterocycles. The minimum atomic E-state index is -0.100. The lowest BCUT2D eigenvalue weighted by Gasteiger charge is -2.31. The monoisotopic (exact) mass is 406 g/mol. The van der Waals surface area contributed by atoms with Crippen LogP contribution in [0, 0.1) is 5.92 Å². The summed E-state index contributed by atoms with van der Waals surface area (Å²) in [6.45, 7) is 1.99. The van der Waals surface area contributed by atoms with Crippen LogP contribution in [0.15, 0.2) is 59.7 Å². The van der Waals surface area contributed by atoms with E-state index < -0.39 is 0 Å². The summed E-state index contributed by atoms with van der Waals surface area (Å²) in [5, 5.41) is 3.87. The van der Waals surface area contributed by atoms with Crippen LogP contribution in [-0.2, 0) is 18.4 Å². The zero-order valence-corrected chi connectivity index (χ0v) is 17.1. The summed E-state index contributed by atoms with van der Waals surface area (Å²) in [5.41, 5.74) is 1.29. The molecule has 0 atom stereocenters. The molecule has 2 aromatic heterocycles. The van der Waals surface area contributed by atoms with Crippen LogP contribution in [0.4, 0.5) is 0 Å². The number of amides is 2. The summed E-state index contributed by atoms with van der Waals surface area (Å²) >= 11 is 0. The Balaban J connectivity index is 1.28. The van der Waals surface area contributed by atoms with E-state index >= 15 is 0 Å². The fourth-order valence-electron chi connectivity index (χ4n) is 4.06. The van der Waals surface area contributed by atoms with E-state index in [4.69, 9.17) is 0 Å². The van der Waals surface area contributed by atoms with Gasteiger partial charge in [-0.1, -0.05) is 18.2 Å². The molecule has 1 N–H and O–H groups in total. The van der Waals surface area contributed by atoms with Gasteiger partial charge >= 0.3 is 0 Å². The first-order valence-electron chi connectivity index (χ1n) is 10.3. The SMILES string of the molecule is Cn1ccc2ccn(CCNC(=O)C3CCN(C(=O)c4ccccc4)CC3)c(=O)c21. The molecule has 0 radical (unpaired) electrons. The second-order valence-corrected chi connectivity index (χ2v) is 7.77. The summed E-state index contributed by atoms with van der Waals surface area (Å²) in [7, 11) is 1.85. The molecule has 7 heteroatoms. The van der Waals surface area contributed by atoms with Gasteiger partial charge in [0.2, 0.25) is 5.91 Å². The molecule has 2 amide bonds. The normalized spacial score (nSPS) is 14.8. The first-order valence-corrected chi connectivity index (χ1v) is 10.3. The van der Waals surface area contributed by atoms with Crippen LogP contribution in [-0.4, -0.2) is 45.5 Å². The summed E-state index contributed by atoms with van der Waals surface area (Å²) in [5.74, 6) is -0.0865. The maximum Gasteiger partial charge on any atom is 0.275 e. The van der Waals surface area contributed by atoms with Gasteiger partial charge in [0.15, 0.2) is 0 Å². The third-order valence-electron chi connectivity index (χ3n) is 5.83. The predicted octanol–water partition coefficient (Wildman–Crippen LogP) is 2.01. The lowest BCUT2D eigenvalue weighted by Crippen LogP contribution is -2.43. The van der Waals surface area contributed by atoms with Crippen molar-refractivity contribution in [1.29, 1.82) is 0 Å². The number of nitrogens with one attached hydrogen (secondary N) is 1. The number of aryl methyl sites for hydroxylation is 1. The molecule has 0 bridgehead atoms. The summed E-state index contributed by atoms with van der Waals surface area (Å²) in [4.78, 5) is 39.5. The highest BCUT2D eigenvalue weighted by Crippen LogP contribution is 2.19. The van der Waals surface area contributed by atoms with Crippen molar-refractivity contribution in [2.45, 2.75) is 19.4 Å². The minimum Gasteiger partial charge on any atom is -0.354 e. The molecular formula is C23H26N4O3. The van der Waals surface area contributed by atoms with Gasteiger partial charge in [0.05, 0.1) is 0 Å². The number of carbonyl (C=O) groups is 2. The number of nitrogens with zero attached hydrogens (tertiary/aromatic N) is 3. The fourth-order valence-corrected chi connectivity index (χ4v) is 4.06. The van der Waals surface area contributed by atoms with Crippen LogP contribution in [0.3, 0.4) is 0 Å². The first-order chi connectivity index (χ1) is 14.5. The number of piperidine rings is 1. The zero-order chi connectivity index (χ0) is 21.1. The van der Waals surface area contributed by atoms with Crippen molar-refractivity contribution in [2.24, 2.45) is 13.0 Å². The number of aromatic nitrogens is 2. The van der Waals surface area contributed by atoms with Crippen molar-refractivity contribution in [3.8, 4) is 0 Å². The van der Waals surface area contributed by atoms with E-state index in [1.54, 1.807) is 10.8 Å². The zero-order valence-electron chi connectivity index (χ0n) is 17.1. The van der Waals surface area contributed by atoms with Gasteiger partial charge in [-0.25, -0.2) is 0 Å². The maximum atomic E-state index is 12.6. The molecule has 0 saturated carbocycles. The molecule has 0 spiro atoms. The maximum absolute atomic E-state index is 12.6. The van der Waals surface area contributed by atoms with Crippen LogP contribution in [0.1, 0.15) is 23.2 Å². The molecule has 3 heterocycles. The Morgan fingerprint density at radius 3 is 2.47 bits per heavy atom. The van der Waals surface area contributed by atoms with Crippen LogP contribution < -0.4 is 10.9 Å². The molecule has 0 unspecified atom stereocenters. The van der Waals surface area contributed by atoms with E-state index in [1.165, 1.54) is 0 Å². The lowest BCUT2D eigenvalue weighted by atomic mass is 9.95. The number of benzene rings is 1. The van der Waals surface area contributed by atoms with Gasteiger partial charge in [-0.3, -0.25) is 14.4 Å². The number of fused-ring (bicyclic) bond motifs is 1. The van der Waals surface area contributed by atoms with Crippen molar-refractivity contribution in [3.63, 3.8) is 0 Å². The standard InChI is InChI=1S/C23H26N4O3/c1-25-12-7-17-8-13-27(23(30)20(17)25)16-11-24-21(28)18-9-14-26(15-10-18)22(29)19-5-3-2-4-6-19/h2-8,12-13,18H,9-11,14-16H2,1H3,(H,24,28). The van der Waals surface area contributed by atoms with E-state index in [2.05, 4.69) is 5.32 Å². The number of carbonyl (C=O) groups excluding carboxylic acids is 2. The van der Waals surface area contributed by atoms with Gasteiger partial charge in [0.1, 0.15) is 5.52 Å². The summed E-state index contributed by atoms with van der Waals surface area (Å²) < 4.78 is 3.45. The van der Waals surface area contributed by atoms with Gasteiger partial charge < -0.3 is 19.4 Å². The Morgan fingerprint density at radius 2 is 1.73 bits per heavy atom. The Morgan fingerprint density at radius 1 is 1.03 bits per heavy atom. The van der Waals surface area contributed by atoms with Crippen molar-refractivity contribution in [2.75, 3.05) is 19.6 Å². The van der Waals surface area contributed by atoms with Gasteiger partial charge in [-0.2, -0.15) is 0 Å². The molecule has 1 aromatic carbocycles. The highest BCUT2D eigenvalue weighted by molar-refractivity contribution is 5.94. The molecule has 3 aromatic rings. The van der Waals surface area contributed by atoms with Crippen LogP contribution >= 0.6 is 0 Å². The van der Waals surface area contributed by atoms with Crippen molar-refractivity contribution < 1.29 is 9.59 Å². The second-order valence-electron chi connectivity index (χ2n) is 7.77. The highest BCUT2D eigenvalue weighted by atomic mass is 16.2. The highest BCUT2D eigenvalue weighted by Gasteiger charge is 2.27. The number of hydrogen-bond acceptors (Lipinski definition) is 3.